The third-order valence-electron chi connectivity index (χ3n) is 4.09. The summed E-state index contributed by atoms with van der Waals surface area (Å²) in [4.78, 5) is 7.17. The van der Waals surface area contributed by atoms with Crippen LogP contribution in [0.4, 0.5) is 10.8 Å². The van der Waals surface area contributed by atoms with E-state index in [1.54, 1.807) is 11.3 Å². The quantitative estimate of drug-likeness (QED) is 0.699. The number of nitrogens with two attached hydrogens (primary N) is 1. The smallest absolute Gasteiger partial charge is 0.186 e. The number of hydrogen-bond donors (Lipinski definition) is 1. The largest absolute Gasteiger partial charge is 0.399 e. The molecular formula is C17H17N3S. The van der Waals surface area contributed by atoms with Crippen molar-refractivity contribution in [2.75, 3.05) is 23.7 Å². The number of thiazole rings is 1. The van der Waals surface area contributed by atoms with Gasteiger partial charge in [0, 0.05) is 18.8 Å². The molecule has 0 bridgehead atoms. The van der Waals surface area contributed by atoms with Crippen molar-refractivity contribution in [2.45, 2.75) is 12.8 Å². The molecule has 1 aliphatic rings. The lowest BCUT2D eigenvalue weighted by Gasteiger charge is -2.18. The van der Waals surface area contributed by atoms with Crippen LogP contribution in [0.2, 0.25) is 0 Å². The summed E-state index contributed by atoms with van der Waals surface area (Å²) >= 11 is 1.74. The van der Waals surface area contributed by atoms with Crippen molar-refractivity contribution >= 4 is 32.4 Å². The SMILES string of the molecule is Nc1ccc2nc(N3CCc4ccccc4CC3)sc2c1. The van der Waals surface area contributed by atoms with Gasteiger partial charge in [-0.05, 0) is 42.2 Å². The van der Waals surface area contributed by atoms with Crippen molar-refractivity contribution in [1.29, 1.82) is 0 Å². The Morgan fingerprint density at radius 3 is 2.43 bits per heavy atom. The number of aromatic nitrogens is 1. The van der Waals surface area contributed by atoms with Crippen LogP contribution in [-0.4, -0.2) is 18.1 Å². The molecule has 106 valence electrons. The fourth-order valence-corrected chi connectivity index (χ4v) is 3.99. The Balaban J connectivity index is 1.64. The van der Waals surface area contributed by atoms with Gasteiger partial charge in [-0.3, -0.25) is 0 Å². The summed E-state index contributed by atoms with van der Waals surface area (Å²) in [5, 5.41) is 1.11. The average Bonchev–Trinajstić information content (AvgIpc) is 2.78. The predicted octanol–water partition coefficient (Wildman–Crippen LogP) is 3.48. The maximum atomic E-state index is 5.86. The molecule has 3 nitrogen and oxygen atoms in total. The van der Waals surface area contributed by atoms with Crippen LogP contribution in [0.1, 0.15) is 11.1 Å². The summed E-state index contributed by atoms with van der Waals surface area (Å²) in [6.45, 7) is 2.07. The molecule has 0 unspecified atom stereocenters. The molecule has 2 aromatic carbocycles. The lowest BCUT2D eigenvalue weighted by molar-refractivity contribution is 0.803. The van der Waals surface area contributed by atoms with Gasteiger partial charge in [0.05, 0.1) is 10.2 Å². The van der Waals surface area contributed by atoms with Crippen molar-refractivity contribution in [3.63, 3.8) is 0 Å². The number of hydrogen-bond acceptors (Lipinski definition) is 4. The van der Waals surface area contributed by atoms with E-state index in [0.29, 0.717) is 0 Å². The van der Waals surface area contributed by atoms with Crippen LogP contribution in [0.25, 0.3) is 10.2 Å². The predicted molar refractivity (Wildman–Crippen MR) is 90.1 cm³/mol. The van der Waals surface area contributed by atoms with E-state index in [1.165, 1.54) is 15.8 Å². The highest BCUT2D eigenvalue weighted by molar-refractivity contribution is 7.22. The Kier molecular flexibility index (Phi) is 3.04. The first kappa shape index (κ1) is 12.7. The minimum atomic E-state index is 0.806. The number of anilines is 2. The zero-order chi connectivity index (χ0) is 14.2. The number of nitrogens with zero attached hydrogens (tertiary/aromatic N) is 2. The standard InChI is InChI=1S/C17H17N3S/c18-14-5-6-15-16(11-14)21-17(19-15)20-9-7-12-3-1-2-4-13(12)8-10-20/h1-6,11H,7-10,18H2. The Labute approximate surface area is 128 Å². The van der Waals surface area contributed by atoms with Gasteiger partial charge in [0.15, 0.2) is 5.13 Å². The van der Waals surface area contributed by atoms with Crippen LogP contribution >= 0.6 is 11.3 Å². The maximum Gasteiger partial charge on any atom is 0.186 e. The van der Waals surface area contributed by atoms with Crippen molar-refractivity contribution in [2.24, 2.45) is 0 Å². The fourth-order valence-electron chi connectivity index (χ4n) is 2.92. The molecule has 0 aliphatic carbocycles. The molecular weight excluding hydrogens is 278 g/mol. The molecule has 0 spiro atoms. The van der Waals surface area contributed by atoms with Gasteiger partial charge < -0.3 is 10.6 Å². The molecule has 4 heteroatoms. The molecule has 0 saturated heterocycles. The molecule has 0 amide bonds. The Morgan fingerprint density at radius 2 is 1.71 bits per heavy atom. The molecule has 3 aromatic rings. The Hall–Kier alpha value is -2.07. The van der Waals surface area contributed by atoms with Crippen LogP contribution < -0.4 is 10.6 Å². The van der Waals surface area contributed by atoms with Gasteiger partial charge in [0.25, 0.3) is 0 Å². The lowest BCUT2D eigenvalue weighted by Crippen LogP contribution is -2.25. The van der Waals surface area contributed by atoms with E-state index in [2.05, 4.69) is 29.2 Å². The minimum Gasteiger partial charge on any atom is -0.399 e. The summed E-state index contributed by atoms with van der Waals surface area (Å²) in [6.07, 6.45) is 2.18. The summed E-state index contributed by atoms with van der Waals surface area (Å²) in [7, 11) is 0. The Bertz CT molecular complexity index is 767. The van der Waals surface area contributed by atoms with Gasteiger partial charge in [-0.1, -0.05) is 35.6 Å². The summed E-state index contributed by atoms with van der Waals surface area (Å²) < 4.78 is 1.17. The van der Waals surface area contributed by atoms with Crippen LogP contribution in [0.15, 0.2) is 42.5 Å². The first-order valence-corrected chi connectivity index (χ1v) is 8.09. The van der Waals surface area contributed by atoms with Crippen LogP contribution in [0.5, 0.6) is 0 Å². The fraction of sp³-hybridized carbons (Fsp3) is 0.235. The van der Waals surface area contributed by atoms with Crippen molar-refractivity contribution in [1.82, 2.24) is 4.98 Å². The van der Waals surface area contributed by atoms with Gasteiger partial charge in [0.1, 0.15) is 0 Å². The number of fused-ring (bicyclic) bond motifs is 2. The second-order valence-corrected chi connectivity index (χ2v) is 6.49. The van der Waals surface area contributed by atoms with Gasteiger partial charge in [-0.25, -0.2) is 4.98 Å². The highest BCUT2D eigenvalue weighted by Crippen LogP contribution is 2.31. The van der Waals surface area contributed by atoms with Gasteiger partial charge in [-0.2, -0.15) is 0 Å². The third-order valence-corrected chi connectivity index (χ3v) is 5.17. The normalized spacial score (nSPS) is 15.0. The topological polar surface area (TPSA) is 42.1 Å². The van der Waals surface area contributed by atoms with Gasteiger partial charge >= 0.3 is 0 Å². The molecule has 0 fully saturated rings. The monoisotopic (exact) mass is 295 g/mol. The number of rotatable bonds is 1. The highest BCUT2D eigenvalue weighted by atomic mass is 32.1. The second kappa shape index (κ2) is 5.04. The van der Waals surface area contributed by atoms with E-state index in [1.807, 2.05) is 18.2 Å². The van der Waals surface area contributed by atoms with Crippen LogP contribution in [0.3, 0.4) is 0 Å². The van der Waals surface area contributed by atoms with Crippen LogP contribution in [0, 0.1) is 0 Å². The molecule has 4 rings (SSSR count). The summed E-state index contributed by atoms with van der Waals surface area (Å²) in [6, 6.07) is 14.7. The van der Waals surface area contributed by atoms with Crippen molar-refractivity contribution in [3.8, 4) is 0 Å². The first-order valence-electron chi connectivity index (χ1n) is 7.27. The zero-order valence-electron chi connectivity index (χ0n) is 11.7. The van der Waals surface area contributed by atoms with E-state index in [4.69, 9.17) is 10.7 Å². The number of nitrogen functional groups attached to an aromatic ring is 1. The summed E-state index contributed by atoms with van der Waals surface area (Å²) in [5.41, 5.74) is 10.7. The molecule has 0 radical (unpaired) electrons. The van der Waals surface area contributed by atoms with Gasteiger partial charge in [0.2, 0.25) is 0 Å². The lowest BCUT2D eigenvalue weighted by atomic mass is 10.0. The molecule has 1 aromatic heterocycles. The van der Waals surface area contributed by atoms with Crippen molar-refractivity contribution in [3.05, 3.63) is 53.6 Å². The molecule has 0 atom stereocenters. The molecule has 2 N–H and O–H groups in total. The summed E-state index contributed by atoms with van der Waals surface area (Å²) in [5.74, 6) is 0. The van der Waals surface area contributed by atoms with E-state index in [9.17, 15) is 0 Å². The van der Waals surface area contributed by atoms with Crippen LogP contribution in [-0.2, 0) is 12.8 Å². The Morgan fingerprint density at radius 1 is 1.00 bits per heavy atom. The average molecular weight is 295 g/mol. The van der Waals surface area contributed by atoms with E-state index >= 15 is 0 Å². The second-order valence-electron chi connectivity index (χ2n) is 5.48. The first-order chi connectivity index (χ1) is 10.3. The minimum absolute atomic E-state index is 0.806. The van der Waals surface area contributed by atoms with E-state index in [-0.39, 0.29) is 0 Å². The number of benzene rings is 2. The van der Waals surface area contributed by atoms with E-state index < -0.39 is 0 Å². The molecule has 0 saturated carbocycles. The van der Waals surface area contributed by atoms with Gasteiger partial charge in [-0.15, -0.1) is 0 Å². The molecule has 2 heterocycles. The maximum absolute atomic E-state index is 5.86. The third kappa shape index (κ3) is 2.36. The molecule has 1 aliphatic heterocycles. The van der Waals surface area contributed by atoms with E-state index in [0.717, 1.165) is 42.3 Å². The van der Waals surface area contributed by atoms with Crippen molar-refractivity contribution < 1.29 is 0 Å². The zero-order valence-corrected chi connectivity index (χ0v) is 12.6. The highest BCUT2D eigenvalue weighted by Gasteiger charge is 2.17. The molecule has 21 heavy (non-hydrogen) atoms.